The molecule has 0 bridgehead atoms. The lowest BCUT2D eigenvalue weighted by Gasteiger charge is -2.05. The fourth-order valence-corrected chi connectivity index (χ4v) is 2.50. The molecular formula is C16H18N2O3. The molecule has 0 N–H and O–H groups in total. The molecule has 5 heteroatoms. The van der Waals surface area contributed by atoms with E-state index in [2.05, 4.69) is 10.1 Å². The van der Waals surface area contributed by atoms with Crippen LogP contribution in [0, 0.1) is 0 Å². The summed E-state index contributed by atoms with van der Waals surface area (Å²) in [4.78, 5) is 16.7. The van der Waals surface area contributed by atoms with Crippen LogP contribution in [0.5, 0.6) is 0 Å². The summed E-state index contributed by atoms with van der Waals surface area (Å²) in [6.07, 6.45) is 2.94. The summed E-state index contributed by atoms with van der Waals surface area (Å²) in [6, 6.07) is 9.16. The number of ether oxygens (including phenoxy) is 1. The van der Waals surface area contributed by atoms with Gasteiger partial charge in [-0.2, -0.15) is 4.98 Å². The first-order chi connectivity index (χ1) is 10.2. The van der Waals surface area contributed by atoms with Crippen molar-refractivity contribution in [3.8, 4) is 0 Å². The van der Waals surface area contributed by atoms with Crippen LogP contribution < -0.4 is 0 Å². The zero-order valence-electron chi connectivity index (χ0n) is 12.0. The lowest BCUT2D eigenvalue weighted by atomic mass is 9.99. The van der Waals surface area contributed by atoms with Gasteiger partial charge in [0.15, 0.2) is 11.6 Å². The molecule has 1 saturated heterocycles. The van der Waals surface area contributed by atoms with Gasteiger partial charge in [-0.25, -0.2) is 0 Å². The van der Waals surface area contributed by atoms with Gasteiger partial charge in [-0.3, -0.25) is 4.79 Å². The van der Waals surface area contributed by atoms with E-state index in [1.54, 1.807) is 19.1 Å². The van der Waals surface area contributed by atoms with E-state index in [4.69, 9.17) is 9.26 Å². The standard InChI is InChI=1S/C16H18N2O3/c1-11(15(19)12-6-3-2-4-7-12)16-17-14(18-21-16)10-13-8-5-9-20-13/h2-4,6-7,11,13H,5,8-10H2,1H3. The summed E-state index contributed by atoms with van der Waals surface area (Å²) in [6.45, 7) is 2.59. The van der Waals surface area contributed by atoms with Gasteiger partial charge in [-0.15, -0.1) is 0 Å². The predicted molar refractivity (Wildman–Crippen MR) is 76.2 cm³/mol. The molecule has 2 atom stereocenters. The molecule has 0 aliphatic carbocycles. The maximum atomic E-state index is 12.3. The molecule has 0 radical (unpaired) electrons. The first-order valence-electron chi connectivity index (χ1n) is 7.27. The third kappa shape index (κ3) is 3.19. The van der Waals surface area contributed by atoms with Crippen molar-refractivity contribution in [2.75, 3.05) is 6.61 Å². The minimum atomic E-state index is -0.432. The summed E-state index contributed by atoms with van der Waals surface area (Å²) in [5, 5.41) is 3.96. The van der Waals surface area contributed by atoms with Crippen LogP contribution in [0.1, 0.15) is 47.8 Å². The van der Waals surface area contributed by atoms with Crippen molar-refractivity contribution in [3.63, 3.8) is 0 Å². The average molecular weight is 286 g/mol. The Labute approximate surface area is 123 Å². The highest BCUT2D eigenvalue weighted by molar-refractivity contribution is 6.00. The van der Waals surface area contributed by atoms with E-state index in [0.717, 1.165) is 19.4 Å². The molecule has 2 unspecified atom stereocenters. The van der Waals surface area contributed by atoms with Gasteiger partial charge in [0.25, 0.3) is 0 Å². The molecule has 5 nitrogen and oxygen atoms in total. The molecule has 0 saturated carbocycles. The highest BCUT2D eigenvalue weighted by Gasteiger charge is 2.24. The van der Waals surface area contributed by atoms with Gasteiger partial charge < -0.3 is 9.26 Å². The van der Waals surface area contributed by atoms with Crippen LogP contribution in [0.2, 0.25) is 0 Å². The molecule has 1 fully saturated rings. The Kier molecular flexibility index (Phi) is 4.10. The fraction of sp³-hybridized carbons (Fsp3) is 0.438. The Morgan fingerprint density at radius 2 is 2.19 bits per heavy atom. The topological polar surface area (TPSA) is 65.2 Å². The molecule has 21 heavy (non-hydrogen) atoms. The number of carbonyl (C=O) groups is 1. The van der Waals surface area contributed by atoms with E-state index < -0.39 is 5.92 Å². The summed E-state index contributed by atoms with van der Waals surface area (Å²) in [5.74, 6) is 0.544. The van der Waals surface area contributed by atoms with E-state index >= 15 is 0 Å². The quantitative estimate of drug-likeness (QED) is 0.791. The third-order valence-corrected chi connectivity index (χ3v) is 3.74. The third-order valence-electron chi connectivity index (χ3n) is 3.74. The van der Waals surface area contributed by atoms with E-state index in [-0.39, 0.29) is 11.9 Å². The van der Waals surface area contributed by atoms with Crippen LogP contribution in [-0.2, 0) is 11.2 Å². The molecular weight excluding hydrogens is 268 g/mol. The summed E-state index contributed by atoms with van der Waals surface area (Å²) in [7, 11) is 0. The molecule has 1 aromatic carbocycles. The Balaban J connectivity index is 1.68. The van der Waals surface area contributed by atoms with Crippen LogP contribution in [-0.4, -0.2) is 28.6 Å². The number of nitrogens with zero attached hydrogens (tertiary/aromatic N) is 2. The molecule has 3 rings (SSSR count). The lowest BCUT2D eigenvalue weighted by Crippen LogP contribution is -2.11. The van der Waals surface area contributed by atoms with Crippen molar-refractivity contribution in [2.24, 2.45) is 0 Å². The van der Waals surface area contributed by atoms with E-state index in [1.807, 2.05) is 18.2 Å². The van der Waals surface area contributed by atoms with Gasteiger partial charge in [0.1, 0.15) is 0 Å². The number of carbonyl (C=O) groups excluding carboxylic acids is 1. The van der Waals surface area contributed by atoms with Gasteiger partial charge in [0, 0.05) is 18.6 Å². The number of ketones is 1. The van der Waals surface area contributed by atoms with E-state index in [1.165, 1.54) is 0 Å². The molecule has 0 amide bonds. The molecule has 110 valence electrons. The molecule has 2 heterocycles. The Morgan fingerprint density at radius 3 is 2.90 bits per heavy atom. The van der Waals surface area contributed by atoms with Crippen LogP contribution in [0.3, 0.4) is 0 Å². The monoisotopic (exact) mass is 286 g/mol. The zero-order valence-corrected chi connectivity index (χ0v) is 12.0. The van der Waals surface area contributed by atoms with Crippen LogP contribution >= 0.6 is 0 Å². The SMILES string of the molecule is CC(C(=O)c1ccccc1)c1nc(CC2CCCO2)no1. The average Bonchev–Trinajstić information content (AvgIpc) is 3.19. The smallest absolute Gasteiger partial charge is 0.237 e. The molecule has 1 aliphatic rings. The first-order valence-corrected chi connectivity index (χ1v) is 7.27. The first kappa shape index (κ1) is 13.9. The number of hydrogen-bond acceptors (Lipinski definition) is 5. The van der Waals surface area contributed by atoms with Gasteiger partial charge in [0.05, 0.1) is 12.0 Å². The number of rotatable bonds is 5. The second-order valence-corrected chi connectivity index (χ2v) is 5.34. The van der Waals surface area contributed by atoms with Gasteiger partial charge in [0.2, 0.25) is 5.89 Å². The molecule has 2 aromatic rings. The Morgan fingerprint density at radius 1 is 1.38 bits per heavy atom. The summed E-state index contributed by atoms with van der Waals surface area (Å²) < 4.78 is 10.8. The van der Waals surface area contributed by atoms with Crippen LogP contribution in [0.4, 0.5) is 0 Å². The number of hydrogen-bond donors (Lipinski definition) is 0. The van der Waals surface area contributed by atoms with Gasteiger partial charge in [-0.1, -0.05) is 35.5 Å². The van der Waals surface area contributed by atoms with Crippen LogP contribution in [0.15, 0.2) is 34.9 Å². The van der Waals surface area contributed by atoms with Crippen LogP contribution in [0.25, 0.3) is 0 Å². The maximum absolute atomic E-state index is 12.3. The number of Topliss-reactive ketones (excluding diaryl/α,β-unsaturated/α-hetero) is 1. The fourth-order valence-electron chi connectivity index (χ4n) is 2.50. The molecule has 1 aromatic heterocycles. The Bertz CT molecular complexity index is 603. The summed E-state index contributed by atoms with van der Waals surface area (Å²) in [5.41, 5.74) is 0.656. The van der Waals surface area contributed by atoms with Crippen molar-refractivity contribution in [1.82, 2.24) is 10.1 Å². The second kappa shape index (κ2) is 6.18. The summed E-state index contributed by atoms with van der Waals surface area (Å²) >= 11 is 0. The highest BCUT2D eigenvalue weighted by Crippen LogP contribution is 2.21. The van der Waals surface area contributed by atoms with Crippen molar-refractivity contribution >= 4 is 5.78 Å². The van der Waals surface area contributed by atoms with E-state index in [9.17, 15) is 4.79 Å². The largest absolute Gasteiger partial charge is 0.378 e. The zero-order chi connectivity index (χ0) is 14.7. The number of aromatic nitrogens is 2. The maximum Gasteiger partial charge on any atom is 0.237 e. The van der Waals surface area contributed by atoms with Crippen molar-refractivity contribution < 1.29 is 14.1 Å². The predicted octanol–water partition coefficient (Wildman–Crippen LogP) is 2.78. The minimum Gasteiger partial charge on any atom is -0.378 e. The molecule has 0 spiro atoms. The lowest BCUT2D eigenvalue weighted by molar-refractivity contribution is 0.0951. The number of benzene rings is 1. The second-order valence-electron chi connectivity index (χ2n) is 5.34. The molecule has 1 aliphatic heterocycles. The van der Waals surface area contributed by atoms with Crippen molar-refractivity contribution in [3.05, 3.63) is 47.6 Å². The van der Waals surface area contributed by atoms with E-state index in [0.29, 0.717) is 23.7 Å². The van der Waals surface area contributed by atoms with Crippen molar-refractivity contribution in [1.29, 1.82) is 0 Å². The van der Waals surface area contributed by atoms with Crippen molar-refractivity contribution in [2.45, 2.75) is 38.2 Å². The van der Waals surface area contributed by atoms with Gasteiger partial charge >= 0.3 is 0 Å². The Hall–Kier alpha value is -2.01. The minimum absolute atomic E-state index is 0.0112. The van der Waals surface area contributed by atoms with Gasteiger partial charge in [-0.05, 0) is 19.8 Å². The highest BCUT2D eigenvalue weighted by atomic mass is 16.5. The normalized spacial score (nSPS) is 19.6.